The van der Waals surface area contributed by atoms with Gasteiger partial charge in [0.25, 0.3) is 5.91 Å². The fourth-order valence-electron chi connectivity index (χ4n) is 2.82. The molecule has 1 aliphatic heterocycles. The average Bonchev–Trinajstić information content (AvgIpc) is 2.64. The first-order valence-corrected chi connectivity index (χ1v) is 7.89. The van der Waals surface area contributed by atoms with E-state index in [4.69, 9.17) is 4.74 Å². The summed E-state index contributed by atoms with van der Waals surface area (Å²) in [6.45, 7) is 3.81. The number of hydrogen-bond donors (Lipinski definition) is 1. The van der Waals surface area contributed by atoms with E-state index in [-0.39, 0.29) is 11.9 Å². The van der Waals surface area contributed by atoms with Crippen molar-refractivity contribution in [3.63, 3.8) is 0 Å². The number of hydrogen-bond acceptors (Lipinski definition) is 4. The third-order valence-corrected chi connectivity index (χ3v) is 4.07. The summed E-state index contributed by atoms with van der Waals surface area (Å²) in [6.07, 6.45) is 3.26. The molecule has 5 nitrogen and oxygen atoms in total. The Morgan fingerprint density at radius 3 is 2.52 bits per heavy atom. The van der Waals surface area contributed by atoms with Gasteiger partial charge in [0.05, 0.1) is 19.3 Å². The van der Waals surface area contributed by atoms with Crippen LogP contribution in [0.2, 0.25) is 0 Å². The smallest absolute Gasteiger partial charge is 0.251 e. The van der Waals surface area contributed by atoms with Crippen molar-refractivity contribution in [2.45, 2.75) is 6.04 Å². The highest BCUT2D eigenvalue weighted by atomic mass is 16.5. The minimum absolute atomic E-state index is 0.0680. The van der Waals surface area contributed by atoms with Crippen LogP contribution in [0.25, 0.3) is 0 Å². The molecule has 1 aliphatic rings. The molecule has 5 heteroatoms. The lowest BCUT2D eigenvalue weighted by Crippen LogP contribution is -2.43. The van der Waals surface area contributed by atoms with Crippen LogP contribution in [0, 0.1) is 0 Å². The monoisotopic (exact) mass is 311 g/mol. The van der Waals surface area contributed by atoms with Crippen LogP contribution in [0.15, 0.2) is 54.9 Å². The molecule has 1 amide bonds. The largest absolute Gasteiger partial charge is 0.379 e. The predicted molar refractivity (Wildman–Crippen MR) is 88.1 cm³/mol. The molecule has 2 heterocycles. The Hall–Kier alpha value is -2.24. The second-order valence-corrected chi connectivity index (χ2v) is 5.52. The first-order valence-electron chi connectivity index (χ1n) is 7.89. The van der Waals surface area contributed by atoms with Crippen molar-refractivity contribution >= 4 is 5.91 Å². The van der Waals surface area contributed by atoms with Gasteiger partial charge in [-0.25, -0.2) is 0 Å². The van der Waals surface area contributed by atoms with Gasteiger partial charge >= 0.3 is 0 Å². The molecule has 0 spiro atoms. The summed E-state index contributed by atoms with van der Waals surface area (Å²) in [6, 6.07) is 13.9. The summed E-state index contributed by atoms with van der Waals surface area (Å²) in [5.41, 5.74) is 1.85. The zero-order valence-electron chi connectivity index (χ0n) is 13.0. The number of ether oxygens (including phenoxy) is 1. The van der Waals surface area contributed by atoms with Crippen LogP contribution in [0.4, 0.5) is 0 Å². The molecule has 120 valence electrons. The van der Waals surface area contributed by atoms with Crippen molar-refractivity contribution in [3.8, 4) is 0 Å². The van der Waals surface area contributed by atoms with Crippen LogP contribution in [-0.4, -0.2) is 48.6 Å². The standard InChI is InChI=1S/C18H21N3O2/c22-18(16-6-8-19-9-7-16)20-14-17(15-4-2-1-3-5-15)21-10-12-23-13-11-21/h1-9,17H,10-14H2,(H,20,22). The SMILES string of the molecule is O=C(NCC(c1ccccc1)N1CCOCC1)c1ccncc1. The van der Waals surface area contributed by atoms with Gasteiger partial charge in [0.2, 0.25) is 0 Å². The topological polar surface area (TPSA) is 54.5 Å². The number of aromatic nitrogens is 1. The average molecular weight is 311 g/mol. The van der Waals surface area contributed by atoms with Gasteiger partial charge in [0, 0.05) is 37.6 Å². The Bertz CT molecular complexity index is 613. The number of rotatable bonds is 5. The zero-order valence-corrected chi connectivity index (χ0v) is 13.0. The Morgan fingerprint density at radius 2 is 1.83 bits per heavy atom. The number of benzene rings is 1. The molecule has 1 aromatic carbocycles. The highest BCUT2D eigenvalue weighted by molar-refractivity contribution is 5.93. The molecule has 3 rings (SSSR count). The molecule has 1 unspecified atom stereocenters. The van der Waals surface area contributed by atoms with E-state index in [1.165, 1.54) is 5.56 Å². The molecule has 1 saturated heterocycles. The number of carbonyl (C=O) groups is 1. The summed E-state index contributed by atoms with van der Waals surface area (Å²) >= 11 is 0. The quantitative estimate of drug-likeness (QED) is 0.916. The maximum atomic E-state index is 12.3. The van der Waals surface area contributed by atoms with Crippen LogP contribution in [-0.2, 0) is 4.74 Å². The Morgan fingerprint density at radius 1 is 1.13 bits per heavy atom. The maximum Gasteiger partial charge on any atom is 0.251 e. The van der Waals surface area contributed by atoms with E-state index >= 15 is 0 Å². The number of nitrogens with zero attached hydrogens (tertiary/aromatic N) is 2. The number of nitrogens with one attached hydrogen (secondary N) is 1. The Labute approximate surface area is 136 Å². The molecular formula is C18H21N3O2. The fourth-order valence-corrected chi connectivity index (χ4v) is 2.82. The normalized spacial score (nSPS) is 16.7. The summed E-state index contributed by atoms with van der Waals surface area (Å²) in [5.74, 6) is -0.0680. The first kappa shape index (κ1) is 15.6. The van der Waals surface area contributed by atoms with E-state index in [1.54, 1.807) is 24.5 Å². The van der Waals surface area contributed by atoms with Crippen LogP contribution in [0.3, 0.4) is 0 Å². The van der Waals surface area contributed by atoms with Crippen LogP contribution >= 0.6 is 0 Å². The van der Waals surface area contributed by atoms with Gasteiger partial charge < -0.3 is 10.1 Å². The summed E-state index contributed by atoms with van der Waals surface area (Å²) in [7, 11) is 0. The molecular weight excluding hydrogens is 290 g/mol. The molecule has 23 heavy (non-hydrogen) atoms. The Kier molecular flexibility index (Phi) is 5.34. The second kappa shape index (κ2) is 7.85. The van der Waals surface area contributed by atoms with E-state index in [0.717, 1.165) is 26.3 Å². The minimum atomic E-state index is -0.0680. The molecule has 0 aliphatic carbocycles. The van der Waals surface area contributed by atoms with Crippen LogP contribution in [0.1, 0.15) is 22.0 Å². The lowest BCUT2D eigenvalue weighted by atomic mass is 10.0. The van der Waals surface area contributed by atoms with Gasteiger partial charge in [0.1, 0.15) is 0 Å². The van der Waals surface area contributed by atoms with Crippen molar-refractivity contribution in [1.82, 2.24) is 15.2 Å². The van der Waals surface area contributed by atoms with E-state index in [0.29, 0.717) is 12.1 Å². The van der Waals surface area contributed by atoms with Crippen molar-refractivity contribution in [2.75, 3.05) is 32.8 Å². The van der Waals surface area contributed by atoms with E-state index in [1.807, 2.05) is 18.2 Å². The van der Waals surface area contributed by atoms with Crippen molar-refractivity contribution in [3.05, 3.63) is 66.0 Å². The van der Waals surface area contributed by atoms with Crippen molar-refractivity contribution in [1.29, 1.82) is 0 Å². The van der Waals surface area contributed by atoms with Crippen LogP contribution in [0.5, 0.6) is 0 Å². The van der Waals surface area contributed by atoms with Crippen LogP contribution < -0.4 is 5.32 Å². The molecule has 0 bridgehead atoms. The minimum Gasteiger partial charge on any atom is -0.379 e. The molecule has 1 fully saturated rings. The first-order chi connectivity index (χ1) is 11.3. The van der Waals surface area contributed by atoms with Crippen molar-refractivity contribution < 1.29 is 9.53 Å². The fraction of sp³-hybridized carbons (Fsp3) is 0.333. The lowest BCUT2D eigenvalue weighted by Gasteiger charge is -2.35. The summed E-state index contributed by atoms with van der Waals surface area (Å²) in [4.78, 5) is 18.6. The van der Waals surface area contributed by atoms with E-state index in [9.17, 15) is 4.79 Å². The highest BCUT2D eigenvalue weighted by Gasteiger charge is 2.23. The van der Waals surface area contributed by atoms with Gasteiger partial charge in [-0.1, -0.05) is 30.3 Å². The van der Waals surface area contributed by atoms with Gasteiger partial charge in [-0.3, -0.25) is 14.7 Å². The van der Waals surface area contributed by atoms with Gasteiger partial charge in [0.15, 0.2) is 0 Å². The number of pyridine rings is 1. The van der Waals surface area contributed by atoms with E-state index in [2.05, 4.69) is 27.3 Å². The number of carbonyl (C=O) groups excluding carboxylic acids is 1. The molecule has 1 aromatic heterocycles. The van der Waals surface area contributed by atoms with E-state index < -0.39 is 0 Å². The molecule has 1 N–H and O–H groups in total. The molecule has 2 aromatic rings. The maximum absolute atomic E-state index is 12.3. The second-order valence-electron chi connectivity index (χ2n) is 5.52. The van der Waals surface area contributed by atoms with Gasteiger partial charge in [-0.2, -0.15) is 0 Å². The van der Waals surface area contributed by atoms with Gasteiger partial charge in [-0.15, -0.1) is 0 Å². The highest BCUT2D eigenvalue weighted by Crippen LogP contribution is 2.21. The summed E-state index contributed by atoms with van der Waals surface area (Å²) in [5, 5.41) is 3.05. The zero-order chi connectivity index (χ0) is 15.9. The van der Waals surface area contributed by atoms with Gasteiger partial charge in [-0.05, 0) is 17.7 Å². The number of morpholine rings is 1. The third kappa shape index (κ3) is 4.15. The number of amides is 1. The van der Waals surface area contributed by atoms with Crippen molar-refractivity contribution in [2.24, 2.45) is 0 Å². The summed E-state index contributed by atoms with van der Waals surface area (Å²) < 4.78 is 5.44. The predicted octanol–water partition coefficient (Wildman–Crippen LogP) is 1.88. The Balaban J connectivity index is 1.70. The lowest BCUT2D eigenvalue weighted by molar-refractivity contribution is 0.0162. The molecule has 1 atom stereocenters. The molecule has 0 saturated carbocycles. The third-order valence-electron chi connectivity index (χ3n) is 4.07. The molecule has 0 radical (unpaired) electrons.